The van der Waals surface area contributed by atoms with Crippen molar-refractivity contribution in [1.29, 1.82) is 0 Å². The molecule has 0 heterocycles. The summed E-state index contributed by atoms with van der Waals surface area (Å²) in [4.78, 5) is -0.243. The first-order valence-corrected chi connectivity index (χ1v) is 5.65. The van der Waals surface area contributed by atoms with E-state index in [1.165, 1.54) is 0 Å². The van der Waals surface area contributed by atoms with Crippen LogP contribution in [-0.4, -0.2) is 16.3 Å². The Morgan fingerprint density at radius 1 is 1.38 bits per heavy atom. The van der Waals surface area contributed by atoms with E-state index < -0.39 is 0 Å². The highest BCUT2D eigenvalue weighted by atomic mass is 35.5. The molecule has 4 heteroatoms. The molecule has 0 aliphatic heterocycles. The van der Waals surface area contributed by atoms with Gasteiger partial charge < -0.3 is 0 Å². The van der Waals surface area contributed by atoms with Gasteiger partial charge in [0.2, 0.25) is 0 Å². The third-order valence-electron chi connectivity index (χ3n) is 0.603. The van der Waals surface area contributed by atoms with Crippen LogP contribution >= 0.6 is 44.8 Å². The fraction of sp³-hybridized carbons (Fsp3) is 1.00. The lowest BCUT2D eigenvalue weighted by Crippen LogP contribution is -2.03. The Morgan fingerprint density at radius 2 is 1.88 bits per heavy atom. The SMILES string of the molecule is CSSC(C)C(Cl)Cl. The van der Waals surface area contributed by atoms with Crippen LogP contribution in [0.2, 0.25) is 0 Å². The zero-order chi connectivity index (χ0) is 6.57. The van der Waals surface area contributed by atoms with E-state index in [4.69, 9.17) is 23.2 Å². The minimum absolute atomic E-state index is 0.243. The molecule has 0 aliphatic rings. The Bertz CT molecular complexity index is 58.0. The van der Waals surface area contributed by atoms with Gasteiger partial charge in [0.25, 0.3) is 0 Å². The van der Waals surface area contributed by atoms with Crippen LogP contribution in [0.4, 0.5) is 0 Å². The lowest BCUT2D eigenvalue weighted by atomic mass is 10.6. The number of hydrogen-bond donors (Lipinski definition) is 0. The van der Waals surface area contributed by atoms with E-state index in [0.717, 1.165) is 0 Å². The number of rotatable bonds is 3. The van der Waals surface area contributed by atoms with Crippen molar-refractivity contribution in [2.75, 3.05) is 6.26 Å². The number of hydrogen-bond acceptors (Lipinski definition) is 2. The highest BCUT2D eigenvalue weighted by molar-refractivity contribution is 8.76. The average molecular weight is 191 g/mol. The second-order valence-corrected chi connectivity index (χ2v) is 5.31. The van der Waals surface area contributed by atoms with Gasteiger partial charge in [0.1, 0.15) is 4.84 Å². The third kappa shape index (κ3) is 4.19. The van der Waals surface area contributed by atoms with Gasteiger partial charge in [0, 0.05) is 5.25 Å². The summed E-state index contributed by atoms with van der Waals surface area (Å²) >= 11 is 11.1. The van der Waals surface area contributed by atoms with E-state index in [1.54, 1.807) is 21.6 Å². The molecule has 0 aromatic carbocycles. The first-order chi connectivity index (χ1) is 3.68. The van der Waals surface area contributed by atoms with Gasteiger partial charge in [0.05, 0.1) is 0 Å². The molecule has 0 aliphatic carbocycles. The molecule has 0 aromatic heterocycles. The third-order valence-corrected chi connectivity index (χ3v) is 3.91. The van der Waals surface area contributed by atoms with Gasteiger partial charge in [0.15, 0.2) is 0 Å². The lowest BCUT2D eigenvalue weighted by molar-refractivity contribution is 1.07. The fourth-order valence-electron chi connectivity index (χ4n) is 0.194. The highest BCUT2D eigenvalue weighted by Crippen LogP contribution is 2.29. The van der Waals surface area contributed by atoms with Crippen LogP contribution in [0.5, 0.6) is 0 Å². The van der Waals surface area contributed by atoms with E-state index in [-0.39, 0.29) is 4.84 Å². The molecular formula is C4H8Cl2S2. The van der Waals surface area contributed by atoms with Gasteiger partial charge >= 0.3 is 0 Å². The molecule has 8 heavy (non-hydrogen) atoms. The lowest BCUT2D eigenvalue weighted by Gasteiger charge is -2.07. The standard InChI is InChI=1S/C4H8Cl2S2/c1-3(4(5)6)8-7-2/h3-4H,1-2H3. The van der Waals surface area contributed by atoms with Crippen molar-refractivity contribution in [3.63, 3.8) is 0 Å². The Morgan fingerprint density at radius 3 is 2.00 bits per heavy atom. The quantitative estimate of drug-likeness (QED) is 0.496. The molecule has 0 N–H and O–H groups in total. The second kappa shape index (κ2) is 5.10. The average Bonchev–Trinajstić information content (AvgIpc) is 1.67. The maximum absolute atomic E-state index is 5.54. The fourth-order valence-corrected chi connectivity index (χ4v) is 2.50. The van der Waals surface area contributed by atoms with E-state index in [2.05, 4.69) is 0 Å². The Labute approximate surface area is 68.1 Å². The van der Waals surface area contributed by atoms with E-state index in [9.17, 15) is 0 Å². The van der Waals surface area contributed by atoms with Crippen LogP contribution in [0.1, 0.15) is 6.92 Å². The van der Waals surface area contributed by atoms with Crippen molar-refractivity contribution < 1.29 is 0 Å². The summed E-state index contributed by atoms with van der Waals surface area (Å²) in [5.41, 5.74) is 0. The summed E-state index contributed by atoms with van der Waals surface area (Å²) in [7, 11) is 3.38. The maximum atomic E-state index is 5.54. The van der Waals surface area contributed by atoms with E-state index >= 15 is 0 Å². The van der Waals surface area contributed by atoms with Gasteiger partial charge in [-0.1, -0.05) is 21.6 Å². The van der Waals surface area contributed by atoms with Gasteiger partial charge in [-0.05, 0) is 13.2 Å². The Balaban J connectivity index is 3.17. The molecular weight excluding hydrogens is 183 g/mol. The summed E-state index contributed by atoms with van der Waals surface area (Å²) in [6, 6.07) is 0. The summed E-state index contributed by atoms with van der Waals surface area (Å²) < 4.78 is 0. The van der Waals surface area contributed by atoms with Crippen LogP contribution in [0, 0.1) is 0 Å². The Hall–Kier alpha value is 1.28. The smallest absolute Gasteiger partial charge is 0.104 e. The van der Waals surface area contributed by atoms with Crippen molar-refractivity contribution >= 4 is 44.8 Å². The number of alkyl halides is 2. The molecule has 50 valence electrons. The molecule has 0 spiro atoms. The van der Waals surface area contributed by atoms with Crippen LogP contribution in [0.3, 0.4) is 0 Å². The molecule has 0 radical (unpaired) electrons. The molecule has 0 rings (SSSR count). The summed E-state index contributed by atoms with van der Waals surface area (Å²) in [6.45, 7) is 2.01. The summed E-state index contributed by atoms with van der Waals surface area (Å²) in [6.07, 6.45) is 2.01. The first kappa shape index (κ1) is 9.28. The van der Waals surface area contributed by atoms with Crippen molar-refractivity contribution in [2.24, 2.45) is 0 Å². The van der Waals surface area contributed by atoms with Crippen LogP contribution in [0.15, 0.2) is 0 Å². The molecule has 0 bridgehead atoms. The van der Waals surface area contributed by atoms with Gasteiger partial charge in [-0.2, -0.15) is 0 Å². The zero-order valence-corrected chi connectivity index (χ0v) is 7.87. The number of halogens is 2. The molecule has 0 saturated heterocycles. The monoisotopic (exact) mass is 190 g/mol. The largest absolute Gasteiger partial charge is 0.120 e. The first-order valence-electron chi connectivity index (χ1n) is 2.16. The Kier molecular flexibility index (Phi) is 5.91. The second-order valence-electron chi connectivity index (χ2n) is 1.30. The minimum Gasteiger partial charge on any atom is -0.104 e. The van der Waals surface area contributed by atoms with E-state index in [0.29, 0.717) is 5.25 Å². The van der Waals surface area contributed by atoms with Crippen molar-refractivity contribution in [1.82, 2.24) is 0 Å². The van der Waals surface area contributed by atoms with Gasteiger partial charge in [-0.15, -0.1) is 23.2 Å². The summed E-state index contributed by atoms with van der Waals surface area (Å²) in [5.74, 6) is 0. The van der Waals surface area contributed by atoms with Gasteiger partial charge in [-0.3, -0.25) is 0 Å². The molecule has 0 nitrogen and oxygen atoms in total. The van der Waals surface area contributed by atoms with E-state index in [1.807, 2.05) is 13.2 Å². The predicted octanol–water partition coefficient (Wildman–Crippen LogP) is 3.19. The zero-order valence-electron chi connectivity index (χ0n) is 4.73. The maximum Gasteiger partial charge on any atom is 0.120 e. The van der Waals surface area contributed by atoms with Gasteiger partial charge in [-0.25, -0.2) is 0 Å². The van der Waals surface area contributed by atoms with Crippen molar-refractivity contribution in [3.05, 3.63) is 0 Å². The normalized spacial score (nSPS) is 14.6. The molecule has 1 atom stereocenters. The molecule has 1 unspecified atom stereocenters. The molecule has 0 fully saturated rings. The minimum atomic E-state index is -0.243. The summed E-state index contributed by atoms with van der Waals surface area (Å²) in [5, 5.41) is 0.327. The molecule has 0 saturated carbocycles. The van der Waals surface area contributed by atoms with Crippen LogP contribution in [0.25, 0.3) is 0 Å². The van der Waals surface area contributed by atoms with Crippen LogP contribution < -0.4 is 0 Å². The predicted molar refractivity (Wildman–Crippen MR) is 46.1 cm³/mol. The van der Waals surface area contributed by atoms with Crippen molar-refractivity contribution in [2.45, 2.75) is 17.0 Å². The molecule has 0 aromatic rings. The van der Waals surface area contributed by atoms with Crippen molar-refractivity contribution in [3.8, 4) is 0 Å². The highest BCUT2D eigenvalue weighted by Gasteiger charge is 2.09. The molecule has 0 amide bonds. The topological polar surface area (TPSA) is 0 Å². The van der Waals surface area contributed by atoms with Crippen LogP contribution in [-0.2, 0) is 0 Å².